The standard InChI is InChI=1S/C10H16F2N2O/c1-3-6-4-7(6)9(2)10(11,12)5-15-8(13)14-9/h6-7H,3-5H2,1-2H3,(H2,13,14)/t6-,7-,9+/m0/s1. The average molecular weight is 218 g/mol. The lowest BCUT2D eigenvalue weighted by Gasteiger charge is -2.37. The molecule has 0 amide bonds. The molecule has 86 valence electrons. The Hall–Kier alpha value is -0.870. The molecule has 0 radical (unpaired) electrons. The number of alkyl halides is 2. The van der Waals surface area contributed by atoms with Crippen molar-refractivity contribution in [1.82, 2.24) is 0 Å². The number of nitrogens with two attached hydrogens (primary N) is 1. The first kappa shape index (κ1) is 10.6. The van der Waals surface area contributed by atoms with Gasteiger partial charge >= 0.3 is 5.92 Å². The summed E-state index contributed by atoms with van der Waals surface area (Å²) >= 11 is 0. The fraction of sp³-hybridized carbons (Fsp3) is 0.900. The zero-order chi connectivity index (χ0) is 11.3. The number of hydrogen-bond acceptors (Lipinski definition) is 3. The van der Waals surface area contributed by atoms with Crippen molar-refractivity contribution in [2.24, 2.45) is 22.6 Å². The maximum Gasteiger partial charge on any atom is 0.306 e. The van der Waals surface area contributed by atoms with Crippen LogP contribution in [-0.4, -0.2) is 24.1 Å². The highest BCUT2D eigenvalue weighted by Gasteiger charge is 2.64. The van der Waals surface area contributed by atoms with Crippen molar-refractivity contribution in [3.05, 3.63) is 0 Å². The van der Waals surface area contributed by atoms with E-state index in [1.165, 1.54) is 6.92 Å². The van der Waals surface area contributed by atoms with Crippen LogP contribution in [0.4, 0.5) is 8.78 Å². The van der Waals surface area contributed by atoms with Crippen LogP contribution in [0, 0.1) is 11.8 Å². The van der Waals surface area contributed by atoms with Gasteiger partial charge in [0, 0.05) is 0 Å². The van der Waals surface area contributed by atoms with Gasteiger partial charge in [0.1, 0.15) is 5.54 Å². The molecule has 1 heterocycles. The molecule has 1 saturated carbocycles. The zero-order valence-electron chi connectivity index (χ0n) is 8.96. The fourth-order valence-corrected chi connectivity index (χ4v) is 2.40. The van der Waals surface area contributed by atoms with Gasteiger partial charge in [-0.25, -0.2) is 13.8 Å². The smallest absolute Gasteiger partial charge is 0.306 e. The number of aliphatic imine (C=N–C) groups is 1. The second-order valence-electron chi connectivity index (χ2n) is 4.60. The highest BCUT2D eigenvalue weighted by atomic mass is 19.3. The maximum atomic E-state index is 13.7. The number of rotatable bonds is 2. The summed E-state index contributed by atoms with van der Waals surface area (Å²) in [6, 6.07) is -0.106. The molecule has 1 aliphatic heterocycles. The molecular formula is C10H16F2N2O. The summed E-state index contributed by atoms with van der Waals surface area (Å²) in [4.78, 5) is 3.85. The van der Waals surface area contributed by atoms with Crippen LogP contribution < -0.4 is 5.73 Å². The van der Waals surface area contributed by atoms with Crippen LogP contribution in [0.2, 0.25) is 0 Å². The molecular weight excluding hydrogens is 202 g/mol. The molecule has 0 saturated heterocycles. The Morgan fingerprint density at radius 2 is 2.27 bits per heavy atom. The Bertz CT molecular complexity index is 306. The monoisotopic (exact) mass is 218 g/mol. The Kier molecular flexibility index (Phi) is 2.17. The van der Waals surface area contributed by atoms with E-state index < -0.39 is 18.1 Å². The predicted molar refractivity (Wildman–Crippen MR) is 52.8 cm³/mol. The van der Waals surface area contributed by atoms with Crippen LogP contribution in [0.25, 0.3) is 0 Å². The van der Waals surface area contributed by atoms with E-state index in [0.29, 0.717) is 5.92 Å². The predicted octanol–water partition coefficient (Wildman–Crippen LogP) is 1.77. The van der Waals surface area contributed by atoms with Crippen LogP contribution in [0.3, 0.4) is 0 Å². The van der Waals surface area contributed by atoms with Gasteiger partial charge in [0.05, 0.1) is 0 Å². The molecule has 0 unspecified atom stereocenters. The van der Waals surface area contributed by atoms with Crippen molar-refractivity contribution in [3.8, 4) is 0 Å². The molecule has 1 aliphatic carbocycles. The molecule has 5 heteroatoms. The summed E-state index contributed by atoms with van der Waals surface area (Å²) in [6.45, 7) is 2.85. The number of hydrogen-bond donors (Lipinski definition) is 1. The van der Waals surface area contributed by atoms with Crippen molar-refractivity contribution >= 4 is 6.02 Å². The minimum atomic E-state index is -2.91. The average Bonchev–Trinajstić information content (AvgIpc) is 2.92. The Morgan fingerprint density at radius 1 is 1.60 bits per heavy atom. The molecule has 2 aliphatic rings. The number of ether oxygens (including phenoxy) is 1. The quantitative estimate of drug-likeness (QED) is 0.767. The van der Waals surface area contributed by atoms with Gasteiger partial charge in [-0.1, -0.05) is 13.3 Å². The first-order chi connectivity index (χ1) is 6.90. The van der Waals surface area contributed by atoms with E-state index in [9.17, 15) is 8.78 Å². The van der Waals surface area contributed by atoms with Crippen molar-refractivity contribution in [3.63, 3.8) is 0 Å². The molecule has 15 heavy (non-hydrogen) atoms. The van der Waals surface area contributed by atoms with Gasteiger partial charge in [-0.15, -0.1) is 0 Å². The molecule has 3 atom stereocenters. The molecule has 0 aromatic heterocycles. The first-order valence-corrected chi connectivity index (χ1v) is 5.26. The zero-order valence-corrected chi connectivity index (χ0v) is 8.96. The van der Waals surface area contributed by atoms with Crippen LogP contribution in [0.15, 0.2) is 4.99 Å². The molecule has 0 bridgehead atoms. The lowest BCUT2D eigenvalue weighted by molar-refractivity contribution is -0.121. The van der Waals surface area contributed by atoms with Crippen LogP contribution in [0.1, 0.15) is 26.7 Å². The molecule has 1 fully saturated rings. The lowest BCUT2D eigenvalue weighted by Crippen LogP contribution is -2.54. The van der Waals surface area contributed by atoms with Gasteiger partial charge < -0.3 is 10.5 Å². The summed E-state index contributed by atoms with van der Waals surface area (Å²) < 4.78 is 32.1. The van der Waals surface area contributed by atoms with E-state index in [1.54, 1.807) is 0 Å². The highest BCUT2D eigenvalue weighted by Crippen LogP contribution is 2.56. The van der Waals surface area contributed by atoms with Crippen molar-refractivity contribution < 1.29 is 13.5 Å². The summed E-state index contributed by atoms with van der Waals surface area (Å²) in [5.41, 5.74) is 4.01. The molecule has 2 rings (SSSR count). The third kappa shape index (κ3) is 1.48. The molecule has 0 spiro atoms. The van der Waals surface area contributed by atoms with Gasteiger partial charge in [0.2, 0.25) is 0 Å². The SMILES string of the molecule is CC[C@H]1C[C@@H]1[C@@]1(C)N=C(N)OCC1(F)F. The number of halogens is 2. The lowest BCUT2D eigenvalue weighted by atomic mass is 9.87. The number of nitrogens with zero attached hydrogens (tertiary/aromatic N) is 1. The summed E-state index contributed by atoms with van der Waals surface area (Å²) in [6.07, 6.45) is 1.74. The van der Waals surface area contributed by atoms with E-state index in [1.807, 2.05) is 6.92 Å². The van der Waals surface area contributed by atoms with Crippen LogP contribution >= 0.6 is 0 Å². The highest BCUT2D eigenvalue weighted by molar-refractivity contribution is 5.73. The van der Waals surface area contributed by atoms with E-state index in [-0.39, 0.29) is 11.9 Å². The van der Waals surface area contributed by atoms with Gasteiger partial charge in [0.25, 0.3) is 6.02 Å². The van der Waals surface area contributed by atoms with E-state index >= 15 is 0 Å². The van der Waals surface area contributed by atoms with Gasteiger partial charge in [0.15, 0.2) is 6.61 Å². The molecule has 3 nitrogen and oxygen atoms in total. The summed E-state index contributed by atoms with van der Waals surface area (Å²) in [7, 11) is 0. The van der Waals surface area contributed by atoms with Crippen molar-refractivity contribution in [1.29, 1.82) is 0 Å². The largest absolute Gasteiger partial charge is 0.459 e. The number of amidine groups is 1. The maximum absolute atomic E-state index is 13.7. The third-order valence-corrected chi connectivity index (χ3v) is 3.65. The molecule has 0 aromatic carbocycles. The van der Waals surface area contributed by atoms with Crippen molar-refractivity contribution in [2.45, 2.75) is 38.2 Å². The van der Waals surface area contributed by atoms with Crippen LogP contribution in [0.5, 0.6) is 0 Å². The van der Waals surface area contributed by atoms with Gasteiger partial charge in [-0.3, -0.25) is 0 Å². The Morgan fingerprint density at radius 3 is 2.80 bits per heavy atom. The van der Waals surface area contributed by atoms with E-state index in [4.69, 9.17) is 5.73 Å². The van der Waals surface area contributed by atoms with E-state index in [0.717, 1.165) is 12.8 Å². The Labute approximate surface area is 87.7 Å². The summed E-state index contributed by atoms with van der Waals surface area (Å²) in [5.74, 6) is -2.61. The second kappa shape index (κ2) is 3.06. The van der Waals surface area contributed by atoms with Gasteiger partial charge in [-0.2, -0.15) is 0 Å². The van der Waals surface area contributed by atoms with Crippen LogP contribution in [-0.2, 0) is 4.74 Å². The van der Waals surface area contributed by atoms with E-state index in [2.05, 4.69) is 9.73 Å². The first-order valence-electron chi connectivity index (χ1n) is 5.26. The third-order valence-electron chi connectivity index (χ3n) is 3.65. The summed E-state index contributed by atoms with van der Waals surface area (Å²) in [5, 5.41) is 0. The van der Waals surface area contributed by atoms with Crippen molar-refractivity contribution in [2.75, 3.05) is 6.61 Å². The molecule has 0 aromatic rings. The minimum absolute atomic E-state index is 0.0556. The Balaban J connectivity index is 2.27. The molecule has 2 N–H and O–H groups in total. The topological polar surface area (TPSA) is 47.6 Å². The second-order valence-corrected chi connectivity index (χ2v) is 4.60. The van der Waals surface area contributed by atoms with Gasteiger partial charge in [-0.05, 0) is 25.2 Å². The fourth-order valence-electron chi connectivity index (χ4n) is 2.40. The minimum Gasteiger partial charge on any atom is -0.459 e. The normalized spacial score (nSPS) is 43.1.